The van der Waals surface area contributed by atoms with Crippen molar-refractivity contribution in [3.05, 3.63) is 0 Å². The Labute approximate surface area is 85.5 Å². The lowest BCUT2D eigenvalue weighted by Gasteiger charge is -2.12. The molecule has 0 aromatic carbocycles. The second-order valence-electron chi connectivity index (χ2n) is 2.83. The number of rotatable bonds is 8. The van der Waals surface area contributed by atoms with E-state index < -0.39 is 0 Å². The molecule has 0 fully saturated rings. The zero-order valence-electron chi connectivity index (χ0n) is 8.43. The molecule has 3 heteroatoms. The molecule has 1 N–H and O–H groups in total. The minimum atomic E-state index is 0.690. The second-order valence-corrected chi connectivity index (χ2v) is 5.21. The topological polar surface area (TPSA) is 12.0 Å². The molecule has 0 bridgehead atoms. The van der Waals surface area contributed by atoms with Crippen LogP contribution in [0.4, 0.5) is 0 Å². The van der Waals surface area contributed by atoms with Gasteiger partial charge in [-0.2, -0.15) is 23.5 Å². The number of hydrogen-bond acceptors (Lipinski definition) is 3. The molecule has 0 aliphatic heterocycles. The van der Waals surface area contributed by atoms with Gasteiger partial charge >= 0.3 is 0 Å². The first-order valence-electron chi connectivity index (χ1n) is 4.61. The van der Waals surface area contributed by atoms with Crippen molar-refractivity contribution < 1.29 is 0 Å². The van der Waals surface area contributed by atoms with Gasteiger partial charge in [0.15, 0.2) is 0 Å². The molecule has 0 heterocycles. The van der Waals surface area contributed by atoms with Crippen LogP contribution in [-0.4, -0.2) is 36.1 Å². The quantitative estimate of drug-likeness (QED) is 0.614. The highest BCUT2D eigenvalue weighted by molar-refractivity contribution is 7.99. The summed E-state index contributed by atoms with van der Waals surface area (Å²) in [6.07, 6.45) is 3.46. The second kappa shape index (κ2) is 9.75. The summed E-state index contributed by atoms with van der Waals surface area (Å²) in [5.41, 5.74) is 0. The van der Waals surface area contributed by atoms with Crippen LogP contribution in [0.5, 0.6) is 0 Å². The molecule has 1 nitrogen and oxygen atoms in total. The fraction of sp³-hybridized carbons (Fsp3) is 1.00. The van der Waals surface area contributed by atoms with E-state index in [4.69, 9.17) is 0 Å². The molecule has 0 aromatic heterocycles. The smallest absolute Gasteiger partial charge is 0.00580 e. The van der Waals surface area contributed by atoms with E-state index >= 15 is 0 Å². The van der Waals surface area contributed by atoms with Gasteiger partial charge < -0.3 is 5.32 Å². The molecular weight excluding hydrogens is 186 g/mol. The third kappa shape index (κ3) is 8.75. The Morgan fingerprint density at radius 3 is 2.67 bits per heavy atom. The standard InChI is InChI=1S/C9H21NS2/c1-4-12-8-6-10-9(2)5-7-11-3/h9-10H,4-8H2,1-3H3. The van der Waals surface area contributed by atoms with Crippen molar-refractivity contribution >= 4 is 23.5 Å². The van der Waals surface area contributed by atoms with Gasteiger partial charge in [0.25, 0.3) is 0 Å². The van der Waals surface area contributed by atoms with Crippen LogP contribution in [0.2, 0.25) is 0 Å². The van der Waals surface area contributed by atoms with Gasteiger partial charge in [-0.3, -0.25) is 0 Å². The van der Waals surface area contributed by atoms with Crippen LogP contribution in [-0.2, 0) is 0 Å². The zero-order valence-corrected chi connectivity index (χ0v) is 10.1. The highest BCUT2D eigenvalue weighted by Gasteiger charge is 1.98. The van der Waals surface area contributed by atoms with Crippen LogP contribution >= 0.6 is 23.5 Å². The van der Waals surface area contributed by atoms with Crippen LogP contribution in [0, 0.1) is 0 Å². The molecule has 74 valence electrons. The van der Waals surface area contributed by atoms with Gasteiger partial charge in [0.1, 0.15) is 0 Å². The van der Waals surface area contributed by atoms with Crippen molar-refractivity contribution in [2.45, 2.75) is 26.3 Å². The highest BCUT2D eigenvalue weighted by atomic mass is 32.2. The van der Waals surface area contributed by atoms with Gasteiger partial charge in [-0.15, -0.1) is 0 Å². The Kier molecular flexibility index (Phi) is 10.3. The monoisotopic (exact) mass is 207 g/mol. The van der Waals surface area contributed by atoms with Gasteiger partial charge in [0.05, 0.1) is 0 Å². The van der Waals surface area contributed by atoms with Crippen LogP contribution in [0.3, 0.4) is 0 Å². The van der Waals surface area contributed by atoms with E-state index in [9.17, 15) is 0 Å². The number of nitrogens with one attached hydrogen (secondary N) is 1. The number of thioether (sulfide) groups is 2. The van der Waals surface area contributed by atoms with Crippen LogP contribution in [0.25, 0.3) is 0 Å². The molecule has 12 heavy (non-hydrogen) atoms. The Morgan fingerprint density at radius 1 is 1.33 bits per heavy atom. The lowest BCUT2D eigenvalue weighted by molar-refractivity contribution is 0.559. The van der Waals surface area contributed by atoms with Crippen molar-refractivity contribution in [3.63, 3.8) is 0 Å². The van der Waals surface area contributed by atoms with Crippen molar-refractivity contribution in [1.29, 1.82) is 0 Å². The molecule has 0 radical (unpaired) electrons. The van der Waals surface area contributed by atoms with Crippen LogP contribution in [0.15, 0.2) is 0 Å². The van der Waals surface area contributed by atoms with Gasteiger partial charge in [-0.25, -0.2) is 0 Å². The zero-order chi connectivity index (χ0) is 9.23. The average molecular weight is 207 g/mol. The molecule has 0 aromatic rings. The predicted molar refractivity (Wildman–Crippen MR) is 63.5 cm³/mol. The largest absolute Gasteiger partial charge is 0.313 e. The summed E-state index contributed by atoms with van der Waals surface area (Å²) in [6.45, 7) is 5.64. The molecule has 0 amide bonds. The van der Waals surface area contributed by atoms with Crippen molar-refractivity contribution in [2.24, 2.45) is 0 Å². The molecule has 0 saturated heterocycles. The fourth-order valence-corrected chi connectivity index (χ4v) is 2.06. The lowest BCUT2D eigenvalue weighted by Crippen LogP contribution is -2.28. The predicted octanol–water partition coefficient (Wildman–Crippen LogP) is 2.47. The Bertz CT molecular complexity index is 88.6. The normalized spacial score (nSPS) is 13.2. The van der Waals surface area contributed by atoms with Gasteiger partial charge in [0, 0.05) is 18.3 Å². The highest BCUT2D eigenvalue weighted by Crippen LogP contribution is 2.00. The first kappa shape index (κ1) is 12.7. The van der Waals surface area contributed by atoms with Gasteiger partial charge in [0.2, 0.25) is 0 Å². The maximum absolute atomic E-state index is 3.52. The maximum Gasteiger partial charge on any atom is 0.00580 e. The van der Waals surface area contributed by atoms with Crippen molar-refractivity contribution in [2.75, 3.05) is 30.1 Å². The lowest BCUT2D eigenvalue weighted by atomic mass is 10.3. The van der Waals surface area contributed by atoms with Crippen LogP contribution < -0.4 is 5.32 Å². The first-order valence-corrected chi connectivity index (χ1v) is 7.16. The van der Waals surface area contributed by atoms with E-state index in [1.54, 1.807) is 0 Å². The average Bonchev–Trinajstić information content (AvgIpc) is 2.09. The first-order chi connectivity index (χ1) is 5.81. The summed E-state index contributed by atoms with van der Waals surface area (Å²) in [5.74, 6) is 3.76. The minimum absolute atomic E-state index is 0.690. The Morgan fingerprint density at radius 2 is 2.08 bits per heavy atom. The van der Waals surface area contributed by atoms with Crippen LogP contribution in [0.1, 0.15) is 20.3 Å². The molecule has 0 aliphatic rings. The number of hydrogen-bond donors (Lipinski definition) is 1. The maximum atomic E-state index is 3.52. The summed E-state index contributed by atoms with van der Waals surface area (Å²) >= 11 is 3.93. The van der Waals surface area contributed by atoms with E-state index in [2.05, 4.69) is 25.4 Å². The van der Waals surface area contributed by atoms with Crippen molar-refractivity contribution in [1.82, 2.24) is 5.32 Å². The molecule has 1 atom stereocenters. The SMILES string of the molecule is CCSCCNC(C)CCSC. The summed E-state index contributed by atoms with van der Waals surface area (Å²) in [7, 11) is 0. The molecule has 0 spiro atoms. The minimum Gasteiger partial charge on any atom is -0.313 e. The Hall–Kier alpha value is 0.660. The van der Waals surface area contributed by atoms with E-state index in [1.165, 1.54) is 23.7 Å². The van der Waals surface area contributed by atoms with Crippen molar-refractivity contribution in [3.8, 4) is 0 Å². The Balaban J connectivity index is 3.02. The molecule has 0 rings (SSSR count). The molecule has 0 aliphatic carbocycles. The van der Waals surface area contributed by atoms with E-state index in [-0.39, 0.29) is 0 Å². The molecular formula is C9H21NS2. The van der Waals surface area contributed by atoms with E-state index in [0.29, 0.717) is 6.04 Å². The fourth-order valence-electron chi connectivity index (χ4n) is 0.919. The van der Waals surface area contributed by atoms with Gasteiger partial charge in [-0.05, 0) is 31.1 Å². The summed E-state index contributed by atoms with van der Waals surface area (Å²) < 4.78 is 0. The summed E-state index contributed by atoms with van der Waals surface area (Å²) in [5, 5.41) is 3.52. The third-order valence-electron chi connectivity index (χ3n) is 1.70. The summed E-state index contributed by atoms with van der Waals surface area (Å²) in [4.78, 5) is 0. The van der Waals surface area contributed by atoms with E-state index in [0.717, 1.165) is 6.54 Å². The third-order valence-corrected chi connectivity index (χ3v) is 3.24. The molecule has 1 unspecified atom stereocenters. The summed E-state index contributed by atoms with van der Waals surface area (Å²) in [6, 6.07) is 0.690. The van der Waals surface area contributed by atoms with E-state index in [1.807, 2.05) is 23.5 Å². The van der Waals surface area contributed by atoms with Gasteiger partial charge in [-0.1, -0.05) is 6.92 Å². The molecule has 0 saturated carbocycles.